The van der Waals surface area contributed by atoms with Gasteiger partial charge in [0.15, 0.2) is 5.78 Å². The third kappa shape index (κ3) is 2.43. The van der Waals surface area contributed by atoms with Gasteiger partial charge in [0.05, 0.1) is 5.56 Å². The van der Waals surface area contributed by atoms with Gasteiger partial charge in [-0.05, 0) is 56.0 Å². The summed E-state index contributed by atoms with van der Waals surface area (Å²) in [7, 11) is 0. The van der Waals surface area contributed by atoms with Crippen LogP contribution in [0.4, 0.5) is 4.39 Å². The van der Waals surface area contributed by atoms with Crippen molar-refractivity contribution in [2.24, 2.45) is 0 Å². The molecule has 1 nitrogen and oxygen atoms in total. The van der Waals surface area contributed by atoms with E-state index in [2.05, 4.69) is 0 Å². The van der Waals surface area contributed by atoms with Gasteiger partial charge in [0, 0.05) is 5.56 Å². The van der Waals surface area contributed by atoms with E-state index in [0.29, 0.717) is 11.1 Å². The molecule has 0 fully saturated rings. The normalized spacial score (nSPS) is 10.6. The largest absolute Gasteiger partial charge is 0.288 e. The Labute approximate surface area is 113 Å². The lowest BCUT2D eigenvalue weighted by Gasteiger charge is -2.11. The van der Waals surface area contributed by atoms with Crippen molar-refractivity contribution in [3.8, 4) is 0 Å². The Bertz CT molecular complexity index is 633. The highest BCUT2D eigenvalue weighted by molar-refractivity contribution is 6.11. The number of halogens is 1. The van der Waals surface area contributed by atoms with Crippen LogP contribution in [-0.2, 0) is 0 Å². The van der Waals surface area contributed by atoms with Crippen LogP contribution in [0.2, 0.25) is 0 Å². The van der Waals surface area contributed by atoms with E-state index in [1.807, 2.05) is 39.0 Å². The number of carbonyl (C=O) groups excluding carboxylic acids is 1. The third-order valence-electron chi connectivity index (χ3n) is 3.51. The maximum absolute atomic E-state index is 14.1. The first kappa shape index (κ1) is 13.5. The molecule has 0 amide bonds. The Hall–Kier alpha value is -1.96. The number of aryl methyl sites for hydroxylation is 3. The van der Waals surface area contributed by atoms with Crippen molar-refractivity contribution in [1.29, 1.82) is 0 Å². The second kappa shape index (κ2) is 4.96. The van der Waals surface area contributed by atoms with E-state index in [4.69, 9.17) is 0 Å². The summed E-state index contributed by atoms with van der Waals surface area (Å²) in [5, 5.41) is 0. The van der Waals surface area contributed by atoms with E-state index in [-0.39, 0.29) is 11.3 Å². The number of rotatable bonds is 2. The number of ketones is 1. The fraction of sp³-hybridized carbons (Fsp3) is 0.235. The van der Waals surface area contributed by atoms with Crippen LogP contribution in [0.5, 0.6) is 0 Å². The molecule has 0 saturated carbocycles. The maximum Gasteiger partial charge on any atom is 0.196 e. The van der Waals surface area contributed by atoms with Crippen molar-refractivity contribution in [3.63, 3.8) is 0 Å². The summed E-state index contributed by atoms with van der Waals surface area (Å²) in [6, 6.07) is 8.78. The standard InChI is InChI=1S/C17H17FO/c1-10-8-12(3)16(15(18)9-10)17(19)14-7-5-6-11(2)13(14)4/h5-9H,1-4H3. The van der Waals surface area contributed by atoms with Crippen molar-refractivity contribution in [1.82, 2.24) is 0 Å². The Kier molecular flexibility index (Phi) is 3.52. The van der Waals surface area contributed by atoms with Crippen LogP contribution in [0, 0.1) is 33.5 Å². The van der Waals surface area contributed by atoms with Crippen molar-refractivity contribution in [2.75, 3.05) is 0 Å². The maximum atomic E-state index is 14.1. The smallest absolute Gasteiger partial charge is 0.196 e. The Morgan fingerprint density at radius 2 is 1.68 bits per heavy atom. The summed E-state index contributed by atoms with van der Waals surface area (Å²) < 4.78 is 14.1. The average Bonchev–Trinajstić information content (AvgIpc) is 2.31. The van der Waals surface area contributed by atoms with Gasteiger partial charge in [-0.1, -0.05) is 24.3 Å². The fourth-order valence-corrected chi connectivity index (χ4v) is 2.34. The minimum absolute atomic E-state index is 0.180. The molecular formula is C17H17FO. The highest BCUT2D eigenvalue weighted by Crippen LogP contribution is 2.22. The van der Waals surface area contributed by atoms with Crippen molar-refractivity contribution in [3.05, 3.63) is 69.5 Å². The van der Waals surface area contributed by atoms with E-state index in [9.17, 15) is 9.18 Å². The first-order chi connectivity index (χ1) is 8.91. The van der Waals surface area contributed by atoms with Gasteiger partial charge in [-0.2, -0.15) is 0 Å². The topological polar surface area (TPSA) is 17.1 Å². The van der Waals surface area contributed by atoms with Crippen LogP contribution in [0.15, 0.2) is 30.3 Å². The van der Waals surface area contributed by atoms with Crippen molar-refractivity contribution in [2.45, 2.75) is 27.7 Å². The molecule has 19 heavy (non-hydrogen) atoms. The molecule has 0 aliphatic rings. The monoisotopic (exact) mass is 256 g/mol. The quantitative estimate of drug-likeness (QED) is 0.732. The SMILES string of the molecule is Cc1cc(C)c(C(=O)c2cccc(C)c2C)c(F)c1. The van der Waals surface area contributed by atoms with E-state index in [1.165, 1.54) is 6.07 Å². The lowest BCUT2D eigenvalue weighted by Crippen LogP contribution is -2.09. The molecule has 0 N–H and O–H groups in total. The van der Waals surface area contributed by atoms with Gasteiger partial charge in [0.2, 0.25) is 0 Å². The van der Waals surface area contributed by atoms with Crippen molar-refractivity contribution >= 4 is 5.78 Å². The molecule has 0 radical (unpaired) electrons. The zero-order valence-corrected chi connectivity index (χ0v) is 11.7. The molecular weight excluding hydrogens is 239 g/mol. The van der Waals surface area contributed by atoms with Crippen LogP contribution in [0.25, 0.3) is 0 Å². The molecule has 98 valence electrons. The highest BCUT2D eigenvalue weighted by Gasteiger charge is 2.19. The van der Waals surface area contributed by atoms with Gasteiger partial charge in [0.25, 0.3) is 0 Å². The number of hydrogen-bond donors (Lipinski definition) is 0. The van der Waals surface area contributed by atoms with Crippen LogP contribution in [-0.4, -0.2) is 5.78 Å². The van der Waals surface area contributed by atoms with Gasteiger partial charge in [0.1, 0.15) is 5.82 Å². The van der Waals surface area contributed by atoms with Crippen LogP contribution in [0.1, 0.15) is 38.2 Å². The molecule has 0 bridgehead atoms. The molecule has 2 rings (SSSR count). The van der Waals surface area contributed by atoms with Gasteiger partial charge < -0.3 is 0 Å². The third-order valence-corrected chi connectivity index (χ3v) is 3.51. The average molecular weight is 256 g/mol. The molecule has 2 aromatic rings. The summed E-state index contributed by atoms with van der Waals surface area (Å²) in [6.07, 6.45) is 0. The van der Waals surface area contributed by atoms with E-state index >= 15 is 0 Å². The van der Waals surface area contributed by atoms with Crippen LogP contribution < -0.4 is 0 Å². The van der Waals surface area contributed by atoms with Crippen molar-refractivity contribution < 1.29 is 9.18 Å². The van der Waals surface area contributed by atoms with E-state index in [0.717, 1.165) is 16.7 Å². The minimum Gasteiger partial charge on any atom is -0.288 e. The second-order valence-electron chi connectivity index (χ2n) is 5.02. The molecule has 0 atom stereocenters. The highest BCUT2D eigenvalue weighted by atomic mass is 19.1. The number of hydrogen-bond acceptors (Lipinski definition) is 1. The molecule has 2 aromatic carbocycles. The van der Waals surface area contributed by atoms with Crippen LogP contribution >= 0.6 is 0 Å². The Morgan fingerprint density at radius 1 is 1.00 bits per heavy atom. The lowest BCUT2D eigenvalue weighted by molar-refractivity contribution is 0.103. The number of carbonyl (C=O) groups is 1. The predicted octanol–water partition coefficient (Wildman–Crippen LogP) is 4.29. The molecule has 0 heterocycles. The summed E-state index contributed by atoms with van der Waals surface area (Å²) >= 11 is 0. The summed E-state index contributed by atoms with van der Waals surface area (Å²) in [5.41, 5.74) is 4.21. The minimum atomic E-state index is -0.441. The van der Waals surface area contributed by atoms with Gasteiger partial charge in [-0.15, -0.1) is 0 Å². The van der Waals surface area contributed by atoms with Gasteiger partial charge in [-0.25, -0.2) is 4.39 Å². The van der Waals surface area contributed by atoms with Gasteiger partial charge in [-0.3, -0.25) is 4.79 Å². The Balaban J connectivity index is 2.60. The first-order valence-corrected chi connectivity index (χ1v) is 6.29. The predicted molar refractivity (Wildman–Crippen MR) is 75.2 cm³/mol. The number of benzene rings is 2. The summed E-state index contributed by atoms with van der Waals surface area (Å²) in [4.78, 5) is 12.5. The van der Waals surface area contributed by atoms with Gasteiger partial charge >= 0.3 is 0 Å². The summed E-state index contributed by atoms with van der Waals surface area (Å²) in [6.45, 7) is 7.44. The zero-order valence-electron chi connectivity index (χ0n) is 11.7. The van der Waals surface area contributed by atoms with Crippen LogP contribution in [0.3, 0.4) is 0 Å². The molecule has 2 heteroatoms. The molecule has 0 aliphatic heterocycles. The Morgan fingerprint density at radius 3 is 2.32 bits per heavy atom. The lowest BCUT2D eigenvalue weighted by atomic mass is 9.93. The van der Waals surface area contributed by atoms with E-state index in [1.54, 1.807) is 13.0 Å². The summed E-state index contributed by atoms with van der Waals surface area (Å²) in [5.74, 6) is -0.681. The fourth-order valence-electron chi connectivity index (χ4n) is 2.34. The molecule has 0 aliphatic carbocycles. The molecule has 0 aromatic heterocycles. The molecule has 0 unspecified atom stereocenters. The van der Waals surface area contributed by atoms with E-state index < -0.39 is 5.82 Å². The zero-order chi connectivity index (χ0) is 14.2. The first-order valence-electron chi connectivity index (χ1n) is 6.29. The molecule has 0 spiro atoms. The second-order valence-corrected chi connectivity index (χ2v) is 5.02. The molecule has 0 saturated heterocycles.